The van der Waals surface area contributed by atoms with Crippen LogP contribution in [-0.2, 0) is 6.42 Å². The largest absolute Gasteiger partial charge is 0.361 e. The molecule has 3 heterocycles. The van der Waals surface area contributed by atoms with Crippen molar-refractivity contribution in [1.82, 2.24) is 24.3 Å². The lowest BCUT2D eigenvalue weighted by Crippen LogP contribution is -2.17. The van der Waals surface area contributed by atoms with Gasteiger partial charge < -0.3 is 9.88 Å². The van der Waals surface area contributed by atoms with Gasteiger partial charge in [0.25, 0.3) is 5.56 Å². The molecule has 3 aromatic heterocycles. The summed E-state index contributed by atoms with van der Waals surface area (Å²) in [6.45, 7) is 3.85. The van der Waals surface area contributed by atoms with Gasteiger partial charge >= 0.3 is 0 Å². The maximum Gasteiger partial charge on any atom is 0.274 e. The smallest absolute Gasteiger partial charge is 0.274 e. The zero-order valence-electron chi connectivity index (χ0n) is 11.9. The number of imidazole rings is 1. The molecule has 7 nitrogen and oxygen atoms in total. The number of nitrogens with one attached hydrogen (secondary N) is 1. The van der Waals surface area contributed by atoms with Crippen molar-refractivity contribution >= 4 is 22.5 Å². The van der Waals surface area contributed by atoms with E-state index < -0.39 is 0 Å². The number of aromatic nitrogens is 5. The molecule has 7 heteroatoms. The summed E-state index contributed by atoms with van der Waals surface area (Å²) in [7, 11) is 3.76. The van der Waals surface area contributed by atoms with Crippen molar-refractivity contribution in [2.24, 2.45) is 0 Å². The second-order valence-electron chi connectivity index (χ2n) is 4.90. The maximum absolute atomic E-state index is 12.3. The molecule has 0 aliphatic rings. The molecule has 0 aliphatic carbocycles. The highest BCUT2D eigenvalue weighted by molar-refractivity contribution is 5.85. The summed E-state index contributed by atoms with van der Waals surface area (Å²) in [6.07, 6.45) is 2.24. The van der Waals surface area contributed by atoms with Crippen LogP contribution in [0.1, 0.15) is 18.4 Å². The molecular weight excluding hydrogens is 256 g/mol. The van der Waals surface area contributed by atoms with E-state index in [1.54, 1.807) is 0 Å². The minimum atomic E-state index is -0.167. The minimum Gasteiger partial charge on any atom is -0.361 e. The molecule has 20 heavy (non-hydrogen) atoms. The van der Waals surface area contributed by atoms with Crippen LogP contribution in [0.25, 0.3) is 16.7 Å². The Morgan fingerprint density at radius 2 is 2.10 bits per heavy atom. The number of hydrogen-bond donors (Lipinski definition) is 1. The summed E-state index contributed by atoms with van der Waals surface area (Å²) in [5.41, 5.74) is 2.41. The van der Waals surface area contributed by atoms with Gasteiger partial charge in [-0.15, -0.1) is 0 Å². The van der Waals surface area contributed by atoms with Crippen LogP contribution in [0.5, 0.6) is 0 Å². The first-order valence-corrected chi connectivity index (χ1v) is 6.46. The Morgan fingerprint density at radius 1 is 1.35 bits per heavy atom. The fourth-order valence-corrected chi connectivity index (χ4v) is 2.48. The summed E-state index contributed by atoms with van der Waals surface area (Å²) in [4.78, 5) is 30.1. The van der Waals surface area contributed by atoms with Gasteiger partial charge in [0.15, 0.2) is 11.5 Å². The van der Waals surface area contributed by atoms with Crippen LogP contribution in [0.3, 0.4) is 0 Å². The molecule has 3 aromatic rings. The number of aromatic amines is 1. The average Bonchev–Trinajstić information content (AvgIpc) is 2.76. The summed E-state index contributed by atoms with van der Waals surface area (Å²) >= 11 is 0. The van der Waals surface area contributed by atoms with Crippen molar-refractivity contribution < 1.29 is 0 Å². The highest BCUT2D eigenvalue weighted by atomic mass is 16.1. The lowest BCUT2D eigenvalue weighted by molar-refractivity contribution is 0.928. The Morgan fingerprint density at radius 3 is 2.75 bits per heavy atom. The minimum absolute atomic E-state index is 0.167. The van der Waals surface area contributed by atoms with Gasteiger partial charge in [-0.2, -0.15) is 0 Å². The number of nitrogens with zero attached hydrogens (tertiary/aromatic N) is 5. The van der Waals surface area contributed by atoms with E-state index in [2.05, 4.69) is 19.9 Å². The normalized spacial score (nSPS) is 11.4. The Kier molecular flexibility index (Phi) is 2.70. The van der Waals surface area contributed by atoms with Crippen LogP contribution >= 0.6 is 0 Å². The molecule has 0 radical (unpaired) electrons. The zero-order chi connectivity index (χ0) is 14.4. The average molecular weight is 272 g/mol. The quantitative estimate of drug-likeness (QED) is 0.750. The maximum atomic E-state index is 12.3. The van der Waals surface area contributed by atoms with Crippen LogP contribution in [0.15, 0.2) is 11.1 Å². The van der Waals surface area contributed by atoms with Gasteiger partial charge in [0, 0.05) is 20.5 Å². The fourth-order valence-electron chi connectivity index (χ4n) is 2.48. The Labute approximate surface area is 115 Å². The third-order valence-electron chi connectivity index (χ3n) is 3.33. The SMILES string of the molecule is CCc1nc(C)c2c(=O)[nH]c3c(N(C)C)ncnc3n12. The summed E-state index contributed by atoms with van der Waals surface area (Å²) in [5.74, 6) is 1.51. The van der Waals surface area contributed by atoms with E-state index in [0.717, 1.165) is 17.9 Å². The molecule has 0 saturated carbocycles. The van der Waals surface area contributed by atoms with E-state index in [1.165, 1.54) is 6.33 Å². The molecule has 0 aliphatic heterocycles. The molecule has 0 unspecified atom stereocenters. The van der Waals surface area contributed by atoms with E-state index in [-0.39, 0.29) is 5.56 Å². The van der Waals surface area contributed by atoms with E-state index in [4.69, 9.17) is 0 Å². The van der Waals surface area contributed by atoms with Gasteiger partial charge in [-0.3, -0.25) is 9.20 Å². The van der Waals surface area contributed by atoms with Crippen LogP contribution < -0.4 is 10.5 Å². The van der Waals surface area contributed by atoms with Gasteiger partial charge in [-0.25, -0.2) is 15.0 Å². The lowest BCUT2D eigenvalue weighted by atomic mass is 10.3. The predicted octanol–water partition coefficient (Wildman–Crippen LogP) is 0.903. The second-order valence-corrected chi connectivity index (χ2v) is 4.90. The van der Waals surface area contributed by atoms with Gasteiger partial charge in [0.05, 0.1) is 5.69 Å². The lowest BCUT2D eigenvalue weighted by Gasteiger charge is -2.13. The molecule has 1 N–H and O–H groups in total. The van der Waals surface area contributed by atoms with Crippen LogP contribution in [0.2, 0.25) is 0 Å². The van der Waals surface area contributed by atoms with Gasteiger partial charge in [-0.05, 0) is 6.92 Å². The molecule has 0 aromatic carbocycles. The van der Waals surface area contributed by atoms with E-state index in [0.29, 0.717) is 22.5 Å². The topological polar surface area (TPSA) is 79.2 Å². The molecule has 104 valence electrons. The molecule has 0 fully saturated rings. The molecule has 0 atom stereocenters. The molecule has 0 spiro atoms. The van der Waals surface area contributed by atoms with Crippen molar-refractivity contribution in [2.75, 3.05) is 19.0 Å². The first-order valence-electron chi connectivity index (χ1n) is 6.46. The number of aryl methyl sites for hydroxylation is 2. The molecule has 0 amide bonds. The van der Waals surface area contributed by atoms with Crippen LogP contribution in [-0.4, -0.2) is 38.4 Å². The monoisotopic (exact) mass is 272 g/mol. The number of rotatable bonds is 2. The van der Waals surface area contributed by atoms with Gasteiger partial charge in [-0.1, -0.05) is 6.92 Å². The predicted molar refractivity (Wildman–Crippen MR) is 77.4 cm³/mol. The third kappa shape index (κ3) is 1.59. The Bertz CT molecular complexity index is 861. The molecular formula is C13H16N6O. The van der Waals surface area contributed by atoms with E-state index in [9.17, 15) is 4.79 Å². The van der Waals surface area contributed by atoms with Gasteiger partial charge in [0.2, 0.25) is 0 Å². The van der Waals surface area contributed by atoms with Crippen molar-refractivity contribution in [2.45, 2.75) is 20.3 Å². The van der Waals surface area contributed by atoms with Crippen LogP contribution in [0, 0.1) is 6.92 Å². The summed E-state index contributed by atoms with van der Waals surface area (Å²) in [6, 6.07) is 0. The first kappa shape index (κ1) is 12.6. The first-order chi connectivity index (χ1) is 9.54. The van der Waals surface area contributed by atoms with E-state index >= 15 is 0 Å². The number of anilines is 1. The molecule has 0 saturated heterocycles. The summed E-state index contributed by atoms with van der Waals surface area (Å²) < 4.78 is 1.83. The molecule has 3 rings (SSSR count). The summed E-state index contributed by atoms with van der Waals surface area (Å²) in [5, 5.41) is 0. The second kappa shape index (κ2) is 4.29. The number of H-pyrrole nitrogens is 1. The van der Waals surface area contributed by atoms with E-state index in [1.807, 2.05) is 37.2 Å². The van der Waals surface area contributed by atoms with Gasteiger partial charge in [0.1, 0.15) is 23.2 Å². The van der Waals surface area contributed by atoms with Crippen molar-refractivity contribution in [1.29, 1.82) is 0 Å². The number of fused-ring (bicyclic) bond motifs is 3. The Hall–Kier alpha value is -2.44. The fraction of sp³-hybridized carbons (Fsp3) is 0.385. The number of hydrogen-bond acceptors (Lipinski definition) is 5. The van der Waals surface area contributed by atoms with Crippen molar-refractivity contribution in [3.8, 4) is 0 Å². The highest BCUT2D eigenvalue weighted by Gasteiger charge is 2.17. The van der Waals surface area contributed by atoms with Crippen molar-refractivity contribution in [3.05, 3.63) is 28.2 Å². The highest BCUT2D eigenvalue weighted by Crippen LogP contribution is 2.21. The Balaban J connectivity index is 2.60. The zero-order valence-corrected chi connectivity index (χ0v) is 11.9. The van der Waals surface area contributed by atoms with Crippen LogP contribution in [0.4, 0.5) is 5.82 Å². The molecule has 0 bridgehead atoms. The standard InChI is InChI=1S/C13H16N6O/c1-5-8-16-7(2)10-13(20)17-9-11(18(3)4)14-6-15-12(9)19(8)10/h6H,5H2,1-4H3,(H,17,20). The third-order valence-corrected chi connectivity index (χ3v) is 3.33. The van der Waals surface area contributed by atoms with Crippen molar-refractivity contribution in [3.63, 3.8) is 0 Å².